The van der Waals surface area contributed by atoms with Crippen LogP contribution in [0.25, 0.3) is 17.0 Å². The quantitative estimate of drug-likeness (QED) is 0.631. The molecule has 156 valence electrons. The fourth-order valence-electron chi connectivity index (χ4n) is 4.22. The Hall–Kier alpha value is -2.76. The molecule has 1 fully saturated rings. The smallest absolute Gasteiger partial charge is 0.254 e. The Bertz CT molecular complexity index is 1140. The van der Waals surface area contributed by atoms with E-state index < -0.39 is 0 Å². The van der Waals surface area contributed by atoms with E-state index in [4.69, 9.17) is 22.1 Å². The van der Waals surface area contributed by atoms with Crippen LogP contribution in [-0.4, -0.2) is 41.7 Å². The molecular formula is C24H26ClN3O2. The van der Waals surface area contributed by atoms with E-state index in [1.807, 2.05) is 30.1 Å². The Morgan fingerprint density at radius 1 is 1.27 bits per heavy atom. The van der Waals surface area contributed by atoms with Gasteiger partial charge in [-0.05, 0) is 53.9 Å². The molecule has 0 aliphatic carbocycles. The van der Waals surface area contributed by atoms with E-state index in [1.165, 1.54) is 5.39 Å². The van der Waals surface area contributed by atoms with Gasteiger partial charge < -0.3 is 19.9 Å². The second-order valence-electron chi connectivity index (χ2n) is 7.74. The van der Waals surface area contributed by atoms with Crippen molar-refractivity contribution < 1.29 is 9.53 Å². The average molecular weight is 424 g/mol. The van der Waals surface area contributed by atoms with Gasteiger partial charge in [-0.2, -0.15) is 0 Å². The molecule has 30 heavy (non-hydrogen) atoms. The van der Waals surface area contributed by atoms with Crippen molar-refractivity contribution in [3.63, 3.8) is 0 Å². The topological polar surface area (TPSA) is 60.5 Å². The first kappa shape index (κ1) is 20.5. The molecule has 1 aromatic heterocycles. The number of fused-ring (bicyclic) bond motifs is 1. The minimum atomic E-state index is -0.00761. The van der Waals surface area contributed by atoms with E-state index in [0.29, 0.717) is 43.3 Å². The van der Waals surface area contributed by atoms with Gasteiger partial charge >= 0.3 is 0 Å². The molecule has 4 rings (SSSR count). The van der Waals surface area contributed by atoms with E-state index >= 15 is 0 Å². The summed E-state index contributed by atoms with van der Waals surface area (Å²) in [5.74, 6) is -0.00761. The molecule has 6 heteroatoms. The number of carbonyl (C=O) groups excluding carboxylic acids is 1. The molecule has 5 nitrogen and oxygen atoms in total. The van der Waals surface area contributed by atoms with Gasteiger partial charge in [0.05, 0.1) is 18.7 Å². The van der Waals surface area contributed by atoms with Crippen molar-refractivity contribution in [1.82, 2.24) is 9.47 Å². The molecule has 1 aliphatic heterocycles. The van der Waals surface area contributed by atoms with Gasteiger partial charge in [-0.3, -0.25) is 4.79 Å². The van der Waals surface area contributed by atoms with Crippen LogP contribution in [0.5, 0.6) is 0 Å². The van der Waals surface area contributed by atoms with E-state index in [1.54, 1.807) is 12.1 Å². The first-order valence-electron chi connectivity index (χ1n) is 10.1. The monoisotopic (exact) mass is 423 g/mol. The number of benzene rings is 2. The molecule has 2 aromatic carbocycles. The highest BCUT2D eigenvalue weighted by molar-refractivity contribution is 6.31. The number of anilines is 1. The van der Waals surface area contributed by atoms with Crippen LogP contribution in [0.15, 0.2) is 36.9 Å². The van der Waals surface area contributed by atoms with E-state index in [2.05, 4.69) is 24.1 Å². The molecule has 2 heterocycles. The van der Waals surface area contributed by atoms with Crippen molar-refractivity contribution in [2.45, 2.75) is 13.3 Å². The number of rotatable bonds is 4. The third-order valence-corrected chi connectivity index (χ3v) is 6.24. The molecule has 0 saturated carbocycles. The molecule has 1 aliphatic rings. The lowest BCUT2D eigenvalue weighted by Crippen LogP contribution is -2.41. The van der Waals surface area contributed by atoms with Crippen LogP contribution < -0.4 is 5.73 Å². The zero-order valence-electron chi connectivity index (χ0n) is 17.4. The van der Waals surface area contributed by atoms with Gasteiger partial charge in [0.25, 0.3) is 5.91 Å². The van der Waals surface area contributed by atoms with Gasteiger partial charge in [-0.15, -0.1) is 0 Å². The highest BCUT2D eigenvalue weighted by Crippen LogP contribution is 2.31. The average Bonchev–Trinajstić information content (AvgIpc) is 3.05. The number of carbonyl (C=O) groups is 1. The van der Waals surface area contributed by atoms with Crippen molar-refractivity contribution in [2.24, 2.45) is 7.05 Å². The largest absolute Gasteiger partial charge is 0.399 e. The summed E-state index contributed by atoms with van der Waals surface area (Å²) in [4.78, 5) is 15.0. The van der Waals surface area contributed by atoms with Crippen molar-refractivity contribution in [3.05, 3.63) is 69.9 Å². The molecule has 3 aromatic rings. The van der Waals surface area contributed by atoms with Crippen molar-refractivity contribution in [2.75, 3.05) is 32.0 Å². The zero-order chi connectivity index (χ0) is 21.4. The molecule has 0 bridgehead atoms. The van der Waals surface area contributed by atoms with Crippen LogP contribution in [0.4, 0.5) is 5.69 Å². The number of nitrogens with two attached hydrogens (primary N) is 1. The van der Waals surface area contributed by atoms with Crippen molar-refractivity contribution >= 4 is 40.2 Å². The summed E-state index contributed by atoms with van der Waals surface area (Å²) in [6.45, 7) is 8.35. The van der Waals surface area contributed by atoms with Gasteiger partial charge in [0, 0.05) is 53.9 Å². The summed E-state index contributed by atoms with van der Waals surface area (Å²) < 4.78 is 7.51. The maximum Gasteiger partial charge on any atom is 0.254 e. The number of hydrogen-bond donors (Lipinski definition) is 1. The normalized spacial score (nSPS) is 14.3. The molecule has 1 saturated heterocycles. The lowest BCUT2D eigenvalue weighted by Gasteiger charge is -2.28. The third kappa shape index (κ3) is 3.59. The van der Waals surface area contributed by atoms with Crippen LogP contribution >= 0.6 is 11.6 Å². The molecule has 0 atom stereocenters. The number of nitrogens with zero attached hydrogens (tertiary/aromatic N) is 2. The summed E-state index contributed by atoms with van der Waals surface area (Å²) in [6.07, 6.45) is 2.33. The number of aryl methyl sites for hydroxylation is 2. The first-order chi connectivity index (χ1) is 14.4. The molecule has 2 N–H and O–H groups in total. The number of halogens is 1. The summed E-state index contributed by atoms with van der Waals surface area (Å²) in [7, 11) is 2.03. The number of nitrogen functional groups attached to an aromatic ring is 1. The summed E-state index contributed by atoms with van der Waals surface area (Å²) >= 11 is 6.61. The van der Waals surface area contributed by atoms with Crippen molar-refractivity contribution in [1.29, 1.82) is 0 Å². The maximum absolute atomic E-state index is 13.1. The number of amides is 1. The zero-order valence-corrected chi connectivity index (χ0v) is 18.1. The highest BCUT2D eigenvalue weighted by Gasteiger charge is 2.23. The van der Waals surface area contributed by atoms with Gasteiger partial charge in [0.15, 0.2) is 0 Å². The number of morpholine rings is 1. The lowest BCUT2D eigenvalue weighted by molar-refractivity contribution is 0.0302. The fraction of sp³-hybridized carbons (Fsp3) is 0.292. The van der Waals surface area contributed by atoms with E-state index in [9.17, 15) is 4.79 Å². The summed E-state index contributed by atoms with van der Waals surface area (Å²) in [5.41, 5.74) is 12.4. The predicted octanol–water partition coefficient (Wildman–Crippen LogP) is 4.43. The van der Waals surface area contributed by atoms with Crippen LogP contribution in [0.2, 0.25) is 5.02 Å². The Morgan fingerprint density at radius 2 is 2.00 bits per heavy atom. The van der Waals surface area contributed by atoms with Crippen LogP contribution in [0.3, 0.4) is 0 Å². The van der Waals surface area contributed by atoms with Crippen LogP contribution in [0.1, 0.15) is 32.7 Å². The Balaban J connectivity index is 1.77. The van der Waals surface area contributed by atoms with E-state index in [0.717, 1.165) is 33.6 Å². The SMILES string of the molecule is C=Cc1c(C(=O)N2CCOCC2)ccc(Cl)c1Cc1cc2c(C)cc(N)cc2n1C. The van der Waals surface area contributed by atoms with Gasteiger partial charge in [-0.25, -0.2) is 0 Å². The Labute approximate surface area is 181 Å². The predicted molar refractivity (Wildman–Crippen MR) is 123 cm³/mol. The van der Waals surface area contributed by atoms with Gasteiger partial charge in [-0.1, -0.05) is 24.3 Å². The summed E-state index contributed by atoms with van der Waals surface area (Å²) in [5, 5.41) is 1.79. The second-order valence-corrected chi connectivity index (χ2v) is 8.15. The van der Waals surface area contributed by atoms with E-state index in [-0.39, 0.29) is 5.91 Å². The van der Waals surface area contributed by atoms with Crippen LogP contribution in [-0.2, 0) is 18.2 Å². The Morgan fingerprint density at radius 3 is 2.70 bits per heavy atom. The van der Waals surface area contributed by atoms with Crippen LogP contribution in [0, 0.1) is 6.92 Å². The molecule has 1 amide bonds. The number of ether oxygens (including phenoxy) is 1. The highest BCUT2D eigenvalue weighted by atomic mass is 35.5. The molecule has 0 radical (unpaired) electrons. The third-order valence-electron chi connectivity index (χ3n) is 5.88. The molecule has 0 spiro atoms. The first-order valence-corrected chi connectivity index (χ1v) is 10.4. The maximum atomic E-state index is 13.1. The Kier molecular flexibility index (Phi) is 5.58. The second kappa shape index (κ2) is 8.17. The molecular weight excluding hydrogens is 398 g/mol. The minimum absolute atomic E-state index is 0.00761. The standard InChI is InChI=1S/C24H26ClN3O2/c1-4-18-19(24(29)28-7-9-30-10-8-28)5-6-22(25)21(18)14-17-13-20-15(2)11-16(26)12-23(20)27(17)3/h4-6,11-13H,1,7-10,14,26H2,2-3H3. The fourth-order valence-corrected chi connectivity index (χ4v) is 4.45. The number of hydrogen-bond acceptors (Lipinski definition) is 3. The minimum Gasteiger partial charge on any atom is -0.399 e. The van der Waals surface area contributed by atoms with Crippen molar-refractivity contribution in [3.8, 4) is 0 Å². The number of aromatic nitrogens is 1. The summed E-state index contributed by atoms with van der Waals surface area (Å²) in [6, 6.07) is 9.75. The molecule has 0 unspecified atom stereocenters. The lowest BCUT2D eigenvalue weighted by atomic mass is 9.96. The van der Waals surface area contributed by atoms with Gasteiger partial charge in [0.2, 0.25) is 0 Å². The van der Waals surface area contributed by atoms with Gasteiger partial charge in [0.1, 0.15) is 0 Å².